The number of aryl methyl sites for hydroxylation is 1. The molecular weight excluding hydrogens is 362 g/mol. The number of carbonyl (C=O) groups excluding carboxylic acids is 1. The number of carboxylic acid groups (broad SMARTS) is 1. The highest BCUT2D eigenvalue weighted by molar-refractivity contribution is 6.11. The average Bonchev–Trinajstić information content (AvgIpc) is 2.69. The van der Waals surface area contributed by atoms with Crippen LogP contribution in [0.3, 0.4) is 0 Å². The number of fused-ring (bicyclic) bond motifs is 1. The fourth-order valence-electron chi connectivity index (χ4n) is 2.81. The van der Waals surface area contributed by atoms with Gasteiger partial charge in [0, 0.05) is 12.4 Å². The number of rotatable bonds is 6. The normalized spacial score (nSPS) is 11.0. The van der Waals surface area contributed by atoms with Crippen LogP contribution in [0.15, 0.2) is 59.4 Å². The maximum Gasteiger partial charge on any atom is 0.341 e. The van der Waals surface area contributed by atoms with Crippen molar-refractivity contribution < 1.29 is 24.5 Å². The molecule has 0 unspecified atom stereocenters. The van der Waals surface area contributed by atoms with Gasteiger partial charge >= 0.3 is 5.97 Å². The minimum absolute atomic E-state index is 0.310. The van der Waals surface area contributed by atoms with Gasteiger partial charge in [0.2, 0.25) is 0 Å². The van der Waals surface area contributed by atoms with Crippen molar-refractivity contribution in [3.8, 4) is 11.5 Å². The van der Waals surface area contributed by atoms with Crippen molar-refractivity contribution in [3.05, 3.63) is 76.1 Å². The Labute approximate surface area is 159 Å². The Morgan fingerprint density at radius 3 is 2.64 bits per heavy atom. The molecule has 0 aliphatic heterocycles. The van der Waals surface area contributed by atoms with E-state index in [1.165, 1.54) is 23.8 Å². The number of aliphatic carboxylic acids is 1. The van der Waals surface area contributed by atoms with Crippen LogP contribution in [0.4, 0.5) is 0 Å². The molecule has 0 fully saturated rings. The lowest BCUT2D eigenvalue weighted by Gasteiger charge is -2.09. The second-order valence-electron chi connectivity index (χ2n) is 6.06. The first-order chi connectivity index (χ1) is 13.4. The number of aromatic nitrogens is 1. The Balaban J connectivity index is 1.93. The van der Waals surface area contributed by atoms with Gasteiger partial charge in [-0.25, -0.2) is 4.79 Å². The Morgan fingerprint density at radius 2 is 1.89 bits per heavy atom. The molecule has 0 saturated carbocycles. The van der Waals surface area contributed by atoms with Gasteiger partial charge in [-0.05, 0) is 35.9 Å². The summed E-state index contributed by atoms with van der Waals surface area (Å²) in [4.78, 5) is 35.7. The van der Waals surface area contributed by atoms with Gasteiger partial charge in [-0.15, -0.1) is 0 Å². The molecule has 0 amide bonds. The maximum absolute atomic E-state index is 12.6. The van der Waals surface area contributed by atoms with Crippen molar-refractivity contribution in [2.75, 3.05) is 6.61 Å². The third-order valence-corrected chi connectivity index (χ3v) is 4.17. The third kappa shape index (κ3) is 3.78. The topological polar surface area (TPSA) is 106 Å². The van der Waals surface area contributed by atoms with Crippen LogP contribution in [0.25, 0.3) is 17.0 Å². The molecule has 0 aliphatic rings. The molecule has 0 bridgehead atoms. The van der Waals surface area contributed by atoms with Crippen LogP contribution < -0.4 is 10.3 Å². The fourth-order valence-corrected chi connectivity index (χ4v) is 2.81. The zero-order valence-electron chi connectivity index (χ0n) is 15.0. The molecule has 28 heavy (non-hydrogen) atoms. The summed E-state index contributed by atoms with van der Waals surface area (Å²) in [6, 6.07) is 13.3. The van der Waals surface area contributed by atoms with E-state index in [1.54, 1.807) is 48.5 Å². The van der Waals surface area contributed by atoms with Crippen LogP contribution in [-0.2, 0) is 11.8 Å². The number of nitrogens with zero attached hydrogens (tertiary/aromatic N) is 1. The molecular formula is C21H17NO6. The lowest BCUT2D eigenvalue weighted by molar-refractivity contribution is -0.139. The Hall–Kier alpha value is -3.87. The van der Waals surface area contributed by atoms with Crippen LogP contribution in [-0.4, -0.2) is 33.1 Å². The van der Waals surface area contributed by atoms with Crippen molar-refractivity contribution in [3.63, 3.8) is 0 Å². The molecule has 0 radical (unpaired) electrons. The van der Waals surface area contributed by atoms with Crippen LogP contribution in [0.2, 0.25) is 0 Å². The van der Waals surface area contributed by atoms with Crippen molar-refractivity contribution in [2.45, 2.75) is 0 Å². The number of aromatic hydroxyl groups is 1. The van der Waals surface area contributed by atoms with E-state index in [1.807, 2.05) is 0 Å². The van der Waals surface area contributed by atoms with Gasteiger partial charge < -0.3 is 19.5 Å². The number of ether oxygens (including phenoxy) is 1. The summed E-state index contributed by atoms with van der Waals surface area (Å²) < 4.78 is 6.41. The minimum Gasteiger partial charge on any atom is -0.506 e. The summed E-state index contributed by atoms with van der Waals surface area (Å²) in [5.74, 6) is -1.76. The molecule has 7 nitrogen and oxygen atoms in total. The highest BCUT2D eigenvalue weighted by Gasteiger charge is 2.19. The maximum atomic E-state index is 12.6. The van der Waals surface area contributed by atoms with Crippen molar-refractivity contribution in [1.82, 2.24) is 4.57 Å². The predicted molar refractivity (Wildman–Crippen MR) is 104 cm³/mol. The fraction of sp³-hybridized carbons (Fsp3) is 0.0952. The second-order valence-corrected chi connectivity index (χ2v) is 6.06. The molecule has 2 aromatic carbocycles. The molecule has 7 heteroatoms. The summed E-state index contributed by atoms with van der Waals surface area (Å²) in [5.41, 5.74) is 0.197. The summed E-state index contributed by atoms with van der Waals surface area (Å²) in [6.45, 7) is -0.479. The van der Waals surface area contributed by atoms with E-state index in [9.17, 15) is 19.5 Å². The van der Waals surface area contributed by atoms with E-state index in [4.69, 9.17) is 9.84 Å². The molecule has 0 spiro atoms. The number of ketones is 1. The summed E-state index contributed by atoms with van der Waals surface area (Å²) in [7, 11) is 1.54. The quantitative estimate of drug-likeness (QED) is 0.504. The van der Waals surface area contributed by atoms with E-state index in [-0.39, 0.29) is 11.3 Å². The lowest BCUT2D eigenvalue weighted by atomic mass is 10.1. The second kappa shape index (κ2) is 7.79. The summed E-state index contributed by atoms with van der Waals surface area (Å²) in [6.07, 6.45) is 2.64. The lowest BCUT2D eigenvalue weighted by Crippen LogP contribution is -2.24. The monoisotopic (exact) mass is 379 g/mol. The van der Waals surface area contributed by atoms with Gasteiger partial charge in [0.15, 0.2) is 12.4 Å². The number of pyridine rings is 1. The zero-order valence-corrected chi connectivity index (χ0v) is 15.0. The molecule has 2 N–H and O–H groups in total. The smallest absolute Gasteiger partial charge is 0.341 e. The van der Waals surface area contributed by atoms with Gasteiger partial charge in [0.1, 0.15) is 17.1 Å². The first-order valence-electron chi connectivity index (χ1n) is 8.36. The average molecular weight is 379 g/mol. The zero-order chi connectivity index (χ0) is 20.3. The number of benzene rings is 2. The number of carbonyl (C=O) groups is 2. The number of allylic oxidation sites excluding steroid dienone is 1. The van der Waals surface area contributed by atoms with E-state index in [0.29, 0.717) is 22.2 Å². The molecule has 0 aliphatic carbocycles. The largest absolute Gasteiger partial charge is 0.506 e. The van der Waals surface area contributed by atoms with Gasteiger partial charge in [0.25, 0.3) is 5.56 Å². The van der Waals surface area contributed by atoms with Crippen molar-refractivity contribution in [1.29, 1.82) is 0 Å². The van der Waals surface area contributed by atoms with Crippen molar-refractivity contribution >= 4 is 28.7 Å². The Bertz CT molecular complexity index is 1160. The molecule has 0 atom stereocenters. The number of hydrogen-bond acceptors (Lipinski definition) is 5. The molecule has 3 rings (SSSR count). The van der Waals surface area contributed by atoms with E-state index < -0.39 is 23.9 Å². The first kappa shape index (κ1) is 18.9. The molecule has 3 aromatic rings. The van der Waals surface area contributed by atoms with E-state index >= 15 is 0 Å². The summed E-state index contributed by atoms with van der Waals surface area (Å²) >= 11 is 0. The van der Waals surface area contributed by atoms with Crippen LogP contribution in [0.1, 0.15) is 15.9 Å². The van der Waals surface area contributed by atoms with E-state index in [0.717, 1.165) is 0 Å². The molecule has 1 heterocycles. The molecule has 1 aromatic heterocycles. The molecule has 142 valence electrons. The highest BCUT2D eigenvalue weighted by Crippen LogP contribution is 2.26. The first-order valence-corrected chi connectivity index (χ1v) is 8.36. The van der Waals surface area contributed by atoms with Crippen LogP contribution in [0, 0.1) is 0 Å². The van der Waals surface area contributed by atoms with Crippen LogP contribution in [0.5, 0.6) is 11.5 Å². The van der Waals surface area contributed by atoms with Crippen LogP contribution >= 0.6 is 0 Å². The predicted octanol–water partition coefficient (Wildman–Crippen LogP) is 2.60. The number of hydrogen-bond donors (Lipinski definition) is 2. The van der Waals surface area contributed by atoms with Gasteiger partial charge in [0.05, 0.1) is 5.52 Å². The molecule has 0 saturated heterocycles. The van der Waals surface area contributed by atoms with Gasteiger partial charge in [-0.3, -0.25) is 9.59 Å². The number of carboxylic acids is 1. The van der Waals surface area contributed by atoms with E-state index in [2.05, 4.69) is 0 Å². The number of para-hydroxylation sites is 1. The SMILES string of the molecule is Cn1c(=O)c(C(=O)/C=C/c2cccc(OCC(=O)O)c2)c(O)c2ccccc21. The highest BCUT2D eigenvalue weighted by atomic mass is 16.5. The summed E-state index contributed by atoms with van der Waals surface area (Å²) in [5, 5.41) is 19.5. The van der Waals surface area contributed by atoms with Crippen molar-refractivity contribution in [2.24, 2.45) is 7.05 Å². The van der Waals surface area contributed by atoms with Gasteiger partial charge in [-0.2, -0.15) is 0 Å². The minimum atomic E-state index is -1.10. The Kier molecular flexibility index (Phi) is 5.26. The third-order valence-electron chi connectivity index (χ3n) is 4.17. The standard InChI is InChI=1S/C21H17NO6/c1-22-16-8-3-2-7-15(16)20(26)19(21(22)27)17(23)10-9-13-5-4-6-14(11-13)28-12-18(24)25/h2-11,26H,12H2,1H3,(H,24,25)/b10-9+. The Morgan fingerprint density at radius 1 is 1.14 bits per heavy atom. The van der Waals surface area contributed by atoms with Gasteiger partial charge in [-0.1, -0.05) is 30.3 Å².